The SMILES string of the molecule is Nc1cc([N+](=O)[O-])cc(Nc2ccc(F)cc2)n1. The summed E-state index contributed by atoms with van der Waals surface area (Å²) in [5, 5.41) is 13.5. The Morgan fingerprint density at radius 1 is 1.28 bits per heavy atom. The van der Waals surface area contributed by atoms with Gasteiger partial charge in [-0.3, -0.25) is 10.1 Å². The second kappa shape index (κ2) is 4.66. The molecule has 2 rings (SSSR count). The van der Waals surface area contributed by atoms with E-state index in [9.17, 15) is 14.5 Å². The smallest absolute Gasteiger partial charge is 0.276 e. The number of nitrogens with two attached hydrogens (primary N) is 1. The summed E-state index contributed by atoms with van der Waals surface area (Å²) in [4.78, 5) is 14.0. The molecular formula is C11H9FN4O2. The van der Waals surface area contributed by atoms with Crippen LogP contribution in [0.1, 0.15) is 0 Å². The van der Waals surface area contributed by atoms with Gasteiger partial charge in [0.05, 0.1) is 17.1 Å². The summed E-state index contributed by atoms with van der Waals surface area (Å²) in [7, 11) is 0. The normalized spacial score (nSPS) is 10.1. The van der Waals surface area contributed by atoms with Crippen LogP contribution in [0.5, 0.6) is 0 Å². The summed E-state index contributed by atoms with van der Waals surface area (Å²) in [6, 6.07) is 7.93. The summed E-state index contributed by atoms with van der Waals surface area (Å²) in [6.07, 6.45) is 0. The van der Waals surface area contributed by atoms with Crippen LogP contribution in [0.2, 0.25) is 0 Å². The molecule has 0 spiro atoms. The van der Waals surface area contributed by atoms with Crippen molar-refractivity contribution in [2.45, 2.75) is 0 Å². The van der Waals surface area contributed by atoms with Crippen LogP contribution >= 0.6 is 0 Å². The number of nitrogen functional groups attached to an aromatic ring is 1. The highest BCUT2D eigenvalue weighted by molar-refractivity contribution is 5.61. The van der Waals surface area contributed by atoms with Crippen molar-refractivity contribution in [3.05, 3.63) is 52.3 Å². The van der Waals surface area contributed by atoms with Gasteiger partial charge in [-0.25, -0.2) is 9.37 Å². The quantitative estimate of drug-likeness (QED) is 0.642. The summed E-state index contributed by atoms with van der Waals surface area (Å²) in [5.74, 6) is -0.103. The lowest BCUT2D eigenvalue weighted by molar-refractivity contribution is -0.384. The molecule has 0 aliphatic carbocycles. The molecule has 6 nitrogen and oxygen atoms in total. The van der Waals surface area contributed by atoms with Gasteiger partial charge in [0.25, 0.3) is 5.69 Å². The molecule has 7 heteroatoms. The second-order valence-electron chi connectivity index (χ2n) is 3.52. The number of rotatable bonds is 3. The van der Waals surface area contributed by atoms with Crippen LogP contribution in [0.3, 0.4) is 0 Å². The van der Waals surface area contributed by atoms with Crippen molar-refractivity contribution >= 4 is 23.0 Å². The zero-order valence-corrected chi connectivity index (χ0v) is 9.13. The van der Waals surface area contributed by atoms with Crippen molar-refractivity contribution in [3.63, 3.8) is 0 Å². The average molecular weight is 248 g/mol. The molecule has 0 saturated heterocycles. The van der Waals surface area contributed by atoms with Gasteiger partial charge in [-0.1, -0.05) is 0 Å². The molecule has 0 saturated carbocycles. The minimum Gasteiger partial charge on any atom is -0.383 e. The summed E-state index contributed by atoms with van der Waals surface area (Å²) < 4.78 is 12.7. The fourth-order valence-electron chi connectivity index (χ4n) is 1.39. The van der Waals surface area contributed by atoms with Crippen LogP contribution in [0.25, 0.3) is 0 Å². The fourth-order valence-corrected chi connectivity index (χ4v) is 1.39. The van der Waals surface area contributed by atoms with Gasteiger partial charge in [0, 0.05) is 5.69 Å². The topological polar surface area (TPSA) is 94.1 Å². The number of nitrogens with zero attached hydrogens (tertiary/aromatic N) is 2. The molecule has 0 aliphatic heterocycles. The Bertz CT molecular complexity index is 586. The Balaban J connectivity index is 2.28. The molecule has 1 heterocycles. The predicted octanol–water partition coefficient (Wildman–Crippen LogP) is 2.45. The molecule has 18 heavy (non-hydrogen) atoms. The molecule has 1 aromatic heterocycles. The molecule has 2 aromatic rings. The van der Waals surface area contributed by atoms with Gasteiger partial charge in [-0.05, 0) is 24.3 Å². The number of halogens is 1. The highest BCUT2D eigenvalue weighted by atomic mass is 19.1. The third-order valence-corrected chi connectivity index (χ3v) is 2.16. The molecule has 0 unspecified atom stereocenters. The Kier molecular flexibility index (Phi) is 3.05. The molecule has 3 N–H and O–H groups in total. The van der Waals surface area contributed by atoms with E-state index in [1.54, 1.807) is 0 Å². The number of hydrogen-bond acceptors (Lipinski definition) is 5. The third-order valence-electron chi connectivity index (χ3n) is 2.16. The minimum atomic E-state index is -0.562. The molecule has 1 aromatic carbocycles. The zero-order chi connectivity index (χ0) is 13.1. The van der Waals surface area contributed by atoms with Crippen molar-refractivity contribution in [1.29, 1.82) is 0 Å². The van der Waals surface area contributed by atoms with E-state index in [4.69, 9.17) is 5.73 Å². The zero-order valence-electron chi connectivity index (χ0n) is 9.13. The first kappa shape index (κ1) is 11.8. The predicted molar refractivity (Wildman–Crippen MR) is 65.0 cm³/mol. The van der Waals surface area contributed by atoms with Crippen LogP contribution in [0.4, 0.5) is 27.4 Å². The summed E-state index contributed by atoms with van der Waals surface area (Å²) in [5.41, 5.74) is 5.86. The Morgan fingerprint density at radius 2 is 1.94 bits per heavy atom. The van der Waals surface area contributed by atoms with E-state index >= 15 is 0 Å². The van der Waals surface area contributed by atoms with E-state index in [-0.39, 0.29) is 23.1 Å². The van der Waals surface area contributed by atoms with E-state index in [1.165, 1.54) is 30.3 Å². The lowest BCUT2D eigenvalue weighted by Crippen LogP contribution is -1.99. The van der Waals surface area contributed by atoms with Crippen LogP contribution in [0.15, 0.2) is 36.4 Å². The van der Waals surface area contributed by atoms with Crippen LogP contribution in [-0.2, 0) is 0 Å². The highest BCUT2D eigenvalue weighted by Gasteiger charge is 2.09. The second-order valence-corrected chi connectivity index (χ2v) is 3.52. The maximum atomic E-state index is 12.7. The number of nitrogens with one attached hydrogen (secondary N) is 1. The van der Waals surface area contributed by atoms with E-state index in [0.717, 1.165) is 6.07 Å². The van der Waals surface area contributed by atoms with E-state index in [2.05, 4.69) is 10.3 Å². The first-order valence-corrected chi connectivity index (χ1v) is 4.99. The number of nitro groups is 1. The van der Waals surface area contributed by atoms with Gasteiger partial charge in [-0.2, -0.15) is 0 Å². The average Bonchev–Trinajstić information content (AvgIpc) is 2.31. The van der Waals surface area contributed by atoms with E-state index in [0.29, 0.717) is 5.69 Å². The first-order valence-electron chi connectivity index (χ1n) is 4.99. The largest absolute Gasteiger partial charge is 0.383 e. The molecular weight excluding hydrogens is 239 g/mol. The van der Waals surface area contributed by atoms with Crippen LogP contribution < -0.4 is 11.1 Å². The number of aromatic nitrogens is 1. The lowest BCUT2D eigenvalue weighted by Gasteiger charge is -2.06. The van der Waals surface area contributed by atoms with Crippen molar-refractivity contribution < 1.29 is 9.31 Å². The van der Waals surface area contributed by atoms with Crippen molar-refractivity contribution in [2.75, 3.05) is 11.1 Å². The van der Waals surface area contributed by atoms with Crippen LogP contribution in [-0.4, -0.2) is 9.91 Å². The number of benzene rings is 1. The van der Waals surface area contributed by atoms with Gasteiger partial charge in [0.2, 0.25) is 0 Å². The minimum absolute atomic E-state index is 0.0359. The number of pyridine rings is 1. The molecule has 0 amide bonds. The summed E-state index contributed by atoms with van der Waals surface area (Å²) in [6.45, 7) is 0. The van der Waals surface area contributed by atoms with E-state index < -0.39 is 4.92 Å². The van der Waals surface area contributed by atoms with Crippen molar-refractivity contribution in [2.24, 2.45) is 0 Å². The standard InChI is InChI=1S/C11H9FN4O2/c12-7-1-3-8(4-2-7)14-11-6-9(16(17)18)5-10(13)15-11/h1-6H,(H3,13,14,15). The monoisotopic (exact) mass is 248 g/mol. The van der Waals surface area contributed by atoms with Gasteiger partial charge >= 0.3 is 0 Å². The fraction of sp³-hybridized carbons (Fsp3) is 0. The maximum absolute atomic E-state index is 12.7. The van der Waals surface area contributed by atoms with Crippen LogP contribution in [0, 0.1) is 15.9 Å². The number of hydrogen-bond donors (Lipinski definition) is 2. The highest BCUT2D eigenvalue weighted by Crippen LogP contribution is 2.22. The Morgan fingerprint density at radius 3 is 2.56 bits per heavy atom. The van der Waals surface area contributed by atoms with Gasteiger partial charge in [0.15, 0.2) is 0 Å². The van der Waals surface area contributed by atoms with Gasteiger partial charge in [0.1, 0.15) is 17.5 Å². The lowest BCUT2D eigenvalue weighted by atomic mass is 10.3. The number of anilines is 3. The van der Waals surface area contributed by atoms with Gasteiger partial charge < -0.3 is 11.1 Å². The summed E-state index contributed by atoms with van der Waals surface area (Å²) >= 11 is 0. The molecule has 0 aliphatic rings. The van der Waals surface area contributed by atoms with Crippen molar-refractivity contribution in [1.82, 2.24) is 4.98 Å². The molecule has 0 radical (unpaired) electrons. The van der Waals surface area contributed by atoms with Crippen molar-refractivity contribution in [3.8, 4) is 0 Å². The molecule has 0 atom stereocenters. The third kappa shape index (κ3) is 2.70. The Labute approximate surface area is 101 Å². The van der Waals surface area contributed by atoms with E-state index in [1.807, 2.05) is 0 Å². The first-order chi connectivity index (χ1) is 8.54. The molecule has 0 bridgehead atoms. The molecule has 92 valence electrons. The molecule has 0 fully saturated rings. The maximum Gasteiger partial charge on any atom is 0.276 e. The van der Waals surface area contributed by atoms with Gasteiger partial charge in [-0.15, -0.1) is 0 Å². The Hall–Kier alpha value is -2.70.